The van der Waals surface area contributed by atoms with Crippen LogP contribution in [-0.4, -0.2) is 48.1 Å². The van der Waals surface area contributed by atoms with E-state index in [-0.39, 0.29) is 12.4 Å². The number of benzene rings is 1. The third kappa shape index (κ3) is 4.92. The van der Waals surface area contributed by atoms with Gasteiger partial charge in [0, 0.05) is 0 Å². The summed E-state index contributed by atoms with van der Waals surface area (Å²) in [5.41, 5.74) is 1.50. The number of rotatable bonds is 7. The first-order chi connectivity index (χ1) is 12.0. The molecule has 2 rings (SSSR count). The molecule has 0 radical (unpaired) electrons. The predicted octanol–water partition coefficient (Wildman–Crippen LogP) is -0.962. The Morgan fingerprint density at radius 1 is 1.28 bits per heavy atom. The van der Waals surface area contributed by atoms with Gasteiger partial charge in [0.05, 0.1) is 27.0 Å². The number of hydrazone groups is 1. The van der Waals surface area contributed by atoms with Crippen molar-refractivity contribution in [2.75, 3.05) is 26.1 Å². The van der Waals surface area contributed by atoms with E-state index < -0.39 is 17.2 Å². The summed E-state index contributed by atoms with van der Waals surface area (Å²) >= 11 is 0. The molecule has 11 heteroatoms. The highest BCUT2D eigenvalue weighted by atomic mass is 16.5. The van der Waals surface area contributed by atoms with Gasteiger partial charge in [0.15, 0.2) is 11.5 Å². The molecule has 1 aromatic heterocycles. The molecule has 0 bridgehead atoms. The number of amides is 1. The lowest BCUT2D eigenvalue weighted by Crippen LogP contribution is -2.31. The Morgan fingerprint density at radius 3 is 2.72 bits per heavy atom. The number of aromatic amines is 2. The summed E-state index contributed by atoms with van der Waals surface area (Å²) in [5.74, 6) is 0.414. The maximum absolute atomic E-state index is 11.7. The van der Waals surface area contributed by atoms with Gasteiger partial charge in [-0.3, -0.25) is 14.6 Å². The van der Waals surface area contributed by atoms with Crippen molar-refractivity contribution in [1.29, 1.82) is 0 Å². The van der Waals surface area contributed by atoms with Crippen molar-refractivity contribution in [3.63, 3.8) is 0 Å². The molecule has 0 aliphatic rings. The summed E-state index contributed by atoms with van der Waals surface area (Å²) in [6, 6.07) is 5.13. The van der Waals surface area contributed by atoms with Crippen LogP contribution in [0.3, 0.4) is 0 Å². The van der Waals surface area contributed by atoms with Gasteiger partial charge in [-0.25, -0.2) is 15.3 Å². The Balaban J connectivity index is 1.90. The minimum absolute atomic E-state index is 0.182. The summed E-state index contributed by atoms with van der Waals surface area (Å²) in [4.78, 5) is 35.8. The Morgan fingerprint density at radius 2 is 2.04 bits per heavy atom. The fourth-order valence-electron chi connectivity index (χ4n) is 1.78. The Kier molecular flexibility index (Phi) is 5.87. The molecular formula is C14H16N6O5. The van der Waals surface area contributed by atoms with E-state index in [1.807, 2.05) is 10.1 Å². The van der Waals surface area contributed by atoms with E-state index in [2.05, 4.69) is 20.9 Å². The lowest BCUT2D eigenvalue weighted by molar-refractivity contribution is -0.119. The summed E-state index contributed by atoms with van der Waals surface area (Å²) in [5, 5.41) is 11.8. The molecule has 0 aliphatic carbocycles. The number of nitrogens with zero attached hydrogens (tertiary/aromatic N) is 2. The third-order valence-electron chi connectivity index (χ3n) is 2.94. The lowest BCUT2D eigenvalue weighted by atomic mass is 10.2. The number of H-pyrrole nitrogens is 2. The van der Waals surface area contributed by atoms with Gasteiger partial charge in [-0.1, -0.05) is 0 Å². The fraction of sp³-hybridized carbons (Fsp3) is 0.214. The first kappa shape index (κ1) is 17.7. The second kappa shape index (κ2) is 8.29. The van der Waals surface area contributed by atoms with Crippen molar-refractivity contribution in [3.05, 3.63) is 44.6 Å². The van der Waals surface area contributed by atoms with Crippen molar-refractivity contribution < 1.29 is 14.3 Å². The van der Waals surface area contributed by atoms with Crippen LogP contribution in [0.4, 0.5) is 5.82 Å². The number of hydrogen-bond acceptors (Lipinski definition) is 8. The molecule has 0 aliphatic heterocycles. The average Bonchev–Trinajstić information content (AvgIpc) is 2.60. The zero-order chi connectivity index (χ0) is 18.2. The second-order valence-electron chi connectivity index (χ2n) is 4.62. The Bertz CT molecular complexity index is 888. The Hall–Kier alpha value is -3.63. The van der Waals surface area contributed by atoms with Crippen LogP contribution < -0.4 is 31.5 Å². The van der Waals surface area contributed by atoms with Gasteiger partial charge in [0.25, 0.3) is 11.5 Å². The lowest BCUT2D eigenvalue weighted by Gasteiger charge is -2.07. The molecule has 0 saturated carbocycles. The van der Waals surface area contributed by atoms with E-state index in [4.69, 9.17) is 9.47 Å². The smallest absolute Gasteiger partial charge is 0.342 e. The highest BCUT2D eigenvalue weighted by Crippen LogP contribution is 2.26. The van der Waals surface area contributed by atoms with E-state index in [1.165, 1.54) is 20.4 Å². The highest BCUT2D eigenvalue weighted by molar-refractivity contribution is 5.84. The first-order valence-electron chi connectivity index (χ1n) is 7.00. The molecule has 0 spiro atoms. The standard InChI is InChI=1S/C14H16N6O5/c1-24-9-4-3-8(5-10(9)25-2)6-16-18-11(21)7-15-12-13(22)17-14(23)20-19-12/h3-6H,7H2,1-2H3,(H,15,19)(H,18,21)(H2,17,20,22,23)/b16-6+. The van der Waals surface area contributed by atoms with Gasteiger partial charge in [-0.15, -0.1) is 5.10 Å². The van der Waals surface area contributed by atoms with E-state index in [0.29, 0.717) is 17.1 Å². The second-order valence-corrected chi connectivity index (χ2v) is 4.62. The monoisotopic (exact) mass is 348 g/mol. The summed E-state index contributed by atoms with van der Waals surface area (Å²) in [7, 11) is 3.04. The van der Waals surface area contributed by atoms with Crippen LogP contribution >= 0.6 is 0 Å². The molecule has 0 unspecified atom stereocenters. The number of methoxy groups -OCH3 is 2. The van der Waals surface area contributed by atoms with E-state index in [0.717, 1.165) is 0 Å². The van der Waals surface area contributed by atoms with Crippen LogP contribution in [0.2, 0.25) is 0 Å². The zero-order valence-corrected chi connectivity index (χ0v) is 13.5. The van der Waals surface area contributed by atoms with Crippen LogP contribution in [0, 0.1) is 0 Å². The third-order valence-corrected chi connectivity index (χ3v) is 2.94. The summed E-state index contributed by atoms with van der Waals surface area (Å²) in [6.45, 7) is -0.259. The number of ether oxygens (including phenoxy) is 2. The van der Waals surface area contributed by atoms with Gasteiger partial charge in [0.1, 0.15) is 0 Å². The molecular weight excluding hydrogens is 332 g/mol. The zero-order valence-electron chi connectivity index (χ0n) is 13.5. The van der Waals surface area contributed by atoms with Crippen molar-refractivity contribution in [1.82, 2.24) is 20.6 Å². The largest absolute Gasteiger partial charge is 0.493 e. The topological polar surface area (TPSA) is 151 Å². The molecule has 0 fully saturated rings. The number of carbonyl (C=O) groups is 1. The van der Waals surface area contributed by atoms with Crippen molar-refractivity contribution in [3.8, 4) is 11.5 Å². The molecule has 11 nitrogen and oxygen atoms in total. The molecule has 132 valence electrons. The molecule has 1 heterocycles. The predicted molar refractivity (Wildman–Crippen MR) is 89.3 cm³/mol. The molecule has 4 N–H and O–H groups in total. The van der Waals surface area contributed by atoms with Gasteiger partial charge in [-0.2, -0.15) is 5.10 Å². The minimum atomic E-state index is -0.737. The normalized spacial score (nSPS) is 10.5. The van der Waals surface area contributed by atoms with E-state index in [9.17, 15) is 14.4 Å². The number of nitrogens with one attached hydrogen (secondary N) is 4. The molecule has 2 aromatic rings. The number of carbonyl (C=O) groups excluding carboxylic acids is 1. The molecule has 0 atom stereocenters. The van der Waals surface area contributed by atoms with Crippen LogP contribution in [0.5, 0.6) is 11.5 Å². The average molecular weight is 348 g/mol. The highest BCUT2D eigenvalue weighted by Gasteiger charge is 2.05. The van der Waals surface area contributed by atoms with Gasteiger partial charge < -0.3 is 14.8 Å². The van der Waals surface area contributed by atoms with Crippen LogP contribution in [0.25, 0.3) is 0 Å². The maximum atomic E-state index is 11.7. The maximum Gasteiger partial charge on any atom is 0.342 e. The van der Waals surface area contributed by atoms with Crippen molar-refractivity contribution in [2.45, 2.75) is 0 Å². The van der Waals surface area contributed by atoms with Gasteiger partial charge >= 0.3 is 5.69 Å². The van der Waals surface area contributed by atoms with Crippen LogP contribution in [0.15, 0.2) is 32.9 Å². The first-order valence-corrected chi connectivity index (χ1v) is 7.00. The number of hydrogen-bond donors (Lipinski definition) is 4. The molecule has 1 amide bonds. The van der Waals surface area contributed by atoms with Crippen molar-refractivity contribution >= 4 is 17.9 Å². The van der Waals surface area contributed by atoms with Gasteiger partial charge in [0.2, 0.25) is 5.82 Å². The Labute approximate surface area is 141 Å². The molecule has 1 aromatic carbocycles. The van der Waals surface area contributed by atoms with Crippen molar-refractivity contribution in [2.24, 2.45) is 5.10 Å². The quantitative estimate of drug-likeness (QED) is 0.371. The molecule has 0 saturated heterocycles. The van der Waals surface area contributed by atoms with Gasteiger partial charge in [-0.05, 0) is 23.8 Å². The number of anilines is 1. The molecule has 25 heavy (non-hydrogen) atoms. The fourth-order valence-corrected chi connectivity index (χ4v) is 1.78. The van der Waals surface area contributed by atoms with Crippen LogP contribution in [0.1, 0.15) is 5.56 Å². The minimum Gasteiger partial charge on any atom is -0.493 e. The number of aromatic nitrogens is 3. The van der Waals surface area contributed by atoms with Crippen LogP contribution in [-0.2, 0) is 4.79 Å². The summed E-state index contributed by atoms with van der Waals surface area (Å²) in [6.07, 6.45) is 1.42. The van der Waals surface area contributed by atoms with E-state index >= 15 is 0 Å². The van der Waals surface area contributed by atoms with E-state index in [1.54, 1.807) is 18.2 Å². The SMILES string of the molecule is COc1ccc(/C=N/NC(=O)CNc2n[nH]c(=O)[nH]c2=O)cc1OC. The summed E-state index contributed by atoms with van der Waals surface area (Å²) < 4.78 is 10.3.